The number of thiophene rings is 1. The molecule has 2 heterocycles. The molecule has 0 aromatic carbocycles. The molecule has 2 N–H and O–H groups in total. The Morgan fingerprint density at radius 3 is 3.07 bits per heavy atom. The second-order valence-corrected chi connectivity index (χ2v) is 5.34. The lowest BCUT2D eigenvalue weighted by Gasteiger charge is -2.20. The molecule has 0 spiro atoms. The molecule has 1 aliphatic rings. The van der Waals surface area contributed by atoms with Gasteiger partial charge in [0, 0.05) is 19.1 Å². The third-order valence-corrected chi connectivity index (χ3v) is 4.12. The van der Waals surface area contributed by atoms with E-state index in [9.17, 15) is 0 Å². The van der Waals surface area contributed by atoms with Gasteiger partial charge in [0.2, 0.25) is 0 Å². The highest BCUT2D eigenvalue weighted by Crippen LogP contribution is 2.22. The third kappa shape index (κ3) is 2.80. The maximum Gasteiger partial charge on any atom is 0.00707 e. The normalized spacial score (nSPS) is 27.3. The molecule has 1 aromatic rings. The van der Waals surface area contributed by atoms with Crippen LogP contribution < -0.4 is 5.73 Å². The van der Waals surface area contributed by atoms with Gasteiger partial charge < -0.3 is 5.73 Å². The average molecular weight is 224 g/mol. The van der Waals surface area contributed by atoms with E-state index in [1.54, 1.807) is 11.3 Å². The number of nitrogens with two attached hydrogens (primary N) is 1. The molecule has 1 saturated heterocycles. The van der Waals surface area contributed by atoms with Crippen molar-refractivity contribution < 1.29 is 0 Å². The number of hydrogen-bond donors (Lipinski definition) is 1. The molecule has 0 radical (unpaired) electrons. The first kappa shape index (κ1) is 11.1. The van der Waals surface area contributed by atoms with Crippen LogP contribution in [-0.4, -0.2) is 30.6 Å². The van der Waals surface area contributed by atoms with E-state index in [1.807, 2.05) is 0 Å². The van der Waals surface area contributed by atoms with Gasteiger partial charge in [-0.3, -0.25) is 4.90 Å². The largest absolute Gasteiger partial charge is 0.330 e. The van der Waals surface area contributed by atoms with Crippen molar-refractivity contribution in [1.82, 2.24) is 4.90 Å². The predicted octanol–water partition coefficient (Wildman–Crippen LogP) is 1.96. The Kier molecular flexibility index (Phi) is 3.78. The zero-order chi connectivity index (χ0) is 10.7. The molecule has 2 rings (SSSR count). The Hall–Kier alpha value is -0.380. The average Bonchev–Trinajstić information content (AvgIpc) is 2.84. The lowest BCUT2D eigenvalue weighted by atomic mass is 10.1. The van der Waals surface area contributed by atoms with Gasteiger partial charge in [-0.05, 0) is 54.6 Å². The van der Waals surface area contributed by atoms with E-state index in [0.29, 0.717) is 0 Å². The predicted molar refractivity (Wildman–Crippen MR) is 66.2 cm³/mol. The van der Waals surface area contributed by atoms with Gasteiger partial charge in [-0.15, -0.1) is 0 Å². The highest BCUT2D eigenvalue weighted by molar-refractivity contribution is 7.07. The molecule has 0 amide bonds. The van der Waals surface area contributed by atoms with E-state index < -0.39 is 0 Å². The maximum absolute atomic E-state index is 5.72. The summed E-state index contributed by atoms with van der Waals surface area (Å²) in [6.07, 6.45) is 2.46. The van der Waals surface area contributed by atoms with Crippen LogP contribution in [0.3, 0.4) is 0 Å². The minimum atomic E-state index is 0.720. The van der Waals surface area contributed by atoms with Crippen LogP contribution in [0.1, 0.15) is 18.9 Å². The highest BCUT2D eigenvalue weighted by atomic mass is 32.1. The van der Waals surface area contributed by atoms with Crippen molar-refractivity contribution in [1.29, 1.82) is 0 Å². The second kappa shape index (κ2) is 5.10. The highest BCUT2D eigenvalue weighted by Gasteiger charge is 2.27. The molecule has 0 aliphatic carbocycles. The van der Waals surface area contributed by atoms with Crippen LogP contribution in [0, 0.1) is 5.92 Å². The van der Waals surface area contributed by atoms with Crippen LogP contribution in [0.25, 0.3) is 0 Å². The second-order valence-electron chi connectivity index (χ2n) is 4.56. The van der Waals surface area contributed by atoms with E-state index in [0.717, 1.165) is 18.5 Å². The van der Waals surface area contributed by atoms with Gasteiger partial charge in [-0.2, -0.15) is 11.3 Å². The minimum absolute atomic E-state index is 0.720. The SMILES string of the molecule is CC1CC(CN)CN1CCc1ccsc1. The van der Waals surface area contributed by atoms with Gasteiger partial charge in [-0.1, -0.05) is 0 Å². The standard InChI is InChI=1S/C12H20N2S/c1-10-6-12(7-13)8-14(10)4-2-11-3-5-15-9-11/h3,5,9-10,12H,2,4,6-8,13H2,1H3. The summed E-state index contributed by atoms with van der Waals surface area (Å²) in [5.74, 6) is 0.725. The topological polar surface area (TPSA) is 29.3 Å². The molecule has 1 fully saturated rings. The Labute approximate surface area is 96.1 Å². The Morgan fingerprint density at radius 1 is 1.60 bits per heavy atom. The summed E-state index contributed by atoms with van der Waals surface area (Å²) in [5, 5.41) is 4.41. The molecule has 3 heteroatoms. The maximum atomic E-state index is 5.72. The molecule has 2 nitrogen and oxygen atoms in total. The van der Waals surface area contributed by atoms with E-state index in [4.69, 9.17) is 5.73 Å². The van der Waals surface area contributed by atoms with Gasteiger partial charge in [-0.25, -0.2) is 0 Å². The van der Waals surface area contributed by atoms with Gasteiger partial charge in [0.05, 0.1) is 0 Å². The van der Waals surface area contributed by atoms with Gasteiger partial charge in [0.1, 0.15) is 0 Å². The van der Waals surface area contributed by atoms with Crippen LogP contribution in [0.2, 0.25) is 0 Å². The van der Waals surface area contributed by atoms with Crippen LogP contribution in [-0.2, 0) is 6.42 Å². The molecular weight excluding hydrogens is 204 g/mol. The van der Waals surface area contributed by atoms with Crippen LogP contribution >= 0.6 is 11.3 Å². The van der Waals surface area contributed by atoms with Gasteiger partial charge in [0.15, 0.2) is 0 Å². The van der Waals surface area contributed by atoms with E-state index in [-0.39, 0.29) is 0 Å². The zero-order valence-electron chi connectivity index (χ0n) is 9.36. The van der Waals surface area contributed by atoms with Crippen molar-refractivity contribution in [3.05, 3.63) is 22.4 Å². The summed E-state index contributed by atoms with van der Waals surface area (Å²) in [7, 11) is 0. The van der Waals surface area contributed by atoms with Crippen LogP contribution in [0.5, 0.6) is 0 Å². The Balaban J connectivity index is 1.80. The van der Waals surface area contributed by atoms with Crippen molar-refractivity contribution in [3.63, 3.8) is 0 Å². The fourth-order valence-corrected chi connectivity index (χ4v) is 3.11. The summed E-state index contributed by atoms with van der Waals surface area (Å²) >= 11 is 1.79. The summed E-state index contributed by atoms with van der Waals surface area (Å²) in [5.41, 5.74) is 7.20. The van der Waals surface area contributed by atoms with Crippen LogP contribution in [0.15, 0.2) is 16.8 Å². The minimum Gasteiger partial charge on any atom is -0.330 e. The van der Waals surface area contributed by atoms with Gasteiger partial charge >= 0.3 is 0 Å². The van der Waals surface area contributed by atoms with Crippen molar-refractivity contribution in [2.45, 2.75) is 25.8 Å². The summed E-state index contributed by atoms with van der Waals surface area (Å²) in [4.78, 5) is 2.58. The Bertz CT molecular complexity index is 284. The molecule has 0 saturated carbocycles. The first-order valence-electron chi connectivity index (χ1n) is 5.74. The van der Waals surface area contributed by atoms with E-state index in [1.165, 1.54) is 31.5 Å². The monoisotopic (exact) mass is 224 g/mol. The molecule has 84 valence electrons. The van der Waals surface area contributed by atoms with E-state index >= 15 is 0 Å². The quantitative estimate of drug-likeness (QED) is 0.847. The van der Waals surface area contributed by atoms with Gasteiger partial charge in [0.25, 0.3) is 0 Å². The number of likely N-dealkylation sites (tertiary alicyclic amines) is 1. The molecule has 2 atom stereocenters. The lowest BCUT2D eigenvalue weighted by molar-refractivity contribution is 0.268. The first-order chi connectivity index (χ1) is 7.29. The Morgan fingerprint density at radius 2 is 2.47 bits per heavy atom. The summed E-state index contributed by atoms with van der Waals surface area (Å²) in [6.45, 7) is 5.55. The molecule has 1 aromatic heterocycles. The van der Waals surface area contributed by atoms with Crippen molar-refractivity contribution >= 4 is 11.3 Å². The molecule has 2 unspecified atom stereocenters. The van der Waals surface area contributed by atoms with E-state index in [2.05, 4.69) is 28.7 Å². The summed E-state index contributed by atoms with van der Waals surface area (Å²) < 4.78 is 0. The molecule has 0 bridgehead atoms. The molecular formula is C12H20N2S. The van der Waals surface area contributed by atoms with Crippen LogP contribution in [0.4, 0.5) is 0 Å². The lowest BCUT2D eigenvalue weighted by Crippen LogP contribution is -2.29. The third-order valence-electron chi connectivity index (χ3n) is 3.39. The fraction of sp³-hybridized carbons (Fsp3) is 0.667. The van der Waals surface area contributed by atoms with Crippen molar-refractivity contribution in [3.8, 4) is 0 Å². The molecule has 15 heavy (non-hydrogen) atoms. The number of rotatable bonds is 4. The number of hydrogen-bond acceptors (Lipinski definition) is 3. The zero-order valence-corrected chi connectivity index (χ0v) is 10.2. The van der Waals surface area contributed by atoms with Crippen molar-refractivity contribution in [2.24, 2.45) is 11.7 Å². The molecule has 1 aliphatic heterocycles. The fourth-order valence-electron chi connectivity index (χ4n) is 2.41. The smallest absolute Gasteiger partial charge is 0.00707 e. The summed E-state index contributed by atoms with van der Waals surface area (Å²) in [6, 6.07) is 2.95. The number of nitrogens with zero attached hydrogens (tertiary/aromatic N) is 1. The first-order valence-corrected chi connectivity index (χ1v) is 6.69. The van der Waals surface area contributed by atoms with Crippen molar-refractivity contribution in [2.75, 3.05) is 19.6 Å².